The third-order valence-electron chi connectivity index (χ3n) is 5.79. The SMILES string of the molecule is CN(C)CCN(Cc1ccc(C(=O)Nc2ccccc2NC(=O)OC(C)(C)C)cc1)C(=O)NCc1ccccc1. The number of hydrogen-bond acceptors (Lipinski definition) is 5. The number of anilines is 2. The number of nitrogens with zero attached hydrogens (tertiary/aromatic N) is 2. The lowest BCUT2D eigenvalue weighted by Gasteiger charge is -2.25. The molecule has 0 aliphatic carbocycles. The summed E-state index contributed by atoms with van der Waals surface area (Å²) in [5.41, 5.74) is 2.62. The molecular formula is C31H39N5O4. The summed E-state index contributed by atoms with van der Waals surface area (Å²) in [5.74, 6) is -0.324. The maximum Gasteiger partial charge on any atom is 0.412 e. The topological polar surface area (TPSA) is 103 Å². The molecule has 3 aromatic rings. The highest BCUT2D eigenvalue weighted by Crippen LogP contribution is 2.23. The number of ether oxygens (including phenoxy) is 1. The smallest absolute Gasteiger partial charge is 0.412 e. The van der Waals surface area contributed by atoms with Crippen molar-refractivity contribution < 1.29 is 19.1 Å². The monoisotopic (exact) mass is 545 g/mol. The number of rotatable bonds is 10. The van der Waals surface area contributed by atoms with Crippen LogP contribution in [0.25, 0.3) is 0 Å². The molecule has 0 unspecified atom stereocenters. The first-order chi connectivity index (χ1) is 19.0. The van der Waals surface area contributed by atoms with Gasteiger partial charge in [-0.2, -0.15) is 0 Å². The molecule has 0 bridgehead atoms. The van der Waals surface area contributed by atoms with Crippen molar-refractivity contribution in [1.29, 1.82) is 0 Å². The second-order valence-corrected chi connectivity index (χ2v) is 10.7. The van der Waals surface area contributed by atoms with E-state index in [9.17, 15) is 14.4 Å². The van der Waals surface area contributed by atoms with E-state index in [1.807, 2.05) is 61.5 Å². The molecule has 0 aliphatic heterocycles. The van der Waals surface area contributed by atoms with Crippen molar-refractivity contribution in [2.45, 2.75) is 39.5 Å². The van der Waals surface area contributed by atoms with Gasteiger partial charge < -0.3 is 25.2 Å². The minimum Gasteiger partial charge on any atom is -0.444 e. The van der Waals surface area contributed by atoms with Gasteiger partial charge >= 0.3 is 12.1 Å². The van der Waals surface area contributed by atoms with E-state index >= 15 is 0 Å². The van der Waals surface area contributed by atoms with Crippen molar-refractivity contribution in [1.82, 2.24) is 15.1 Å². The molecule has 9 heteroatoms. The van der Waals surface area contributed by atoms with Crippen LogP contribution in [0.4, 0.5) is 21.0 Å². The summed E-state index contributed by atoms with van der Waals surface area (Å²) in [6, 6.07) is 23.7. The van der Waals surface area contributed by atoms with Crippen LogP contribution in [-0.2, 0) is 17.8 Å². The van der Waals surface area contributed by atoms with Gasteiger partial charge in [-0.1, -0.05) is 54.6 Å². The standard InChI is InChI=1S/C31H39N5O4/c1-31(2,3)40-30(39)34-27-14-10-9-13-26(27)33-28(37)25-17-15-24(16-18-25)22-36(20-19-35(4)5)29(38)32-21-23-11-7-6-8-12-23/h6-18H,19-22H2,1-5H3,(H,32,38)(H,33,37)(H,34,39). The Bertz CT molecular complexity index is 1270. The molecule has 4 amide bonds. The minimum atomic E-state index is -0.644. The first-order valence-corrected chi connectivity index (χ1v) is 13.2. The molecular weight excluding hydrogens is 506 g/mol. The van der Waals surface area contributed by atoms with Crippen molar-refractivity contribution >= 4 is 29.4 Å². The Morgan fingerprint density at radius 1 is 0.750 bits per heavy atom. The highest BCUT2D eigenvalue weighted by molar-refractivity contribution is 6.06. The van der Waals surface area contributed by atoms with Crippen molar-refractivity contribution in [3.05, 3.63) is 95.6 Å². The maximum absolute atomic E-state index is 13.0. The van der Waals surface area contributed by atoms with E-state index in [1.165, 1.54) is 0 Å². The lowest BCUT2D eigenvalue weighted by molar-refractivity contribution is 0.0635. The summed E-state index contributed by atoms with van der Waals surface area (Å²) in [6.07, 6.45) is -0.606. The van der Waals surface area contributed by atoms with E-state index in [4.69, 9.17) is 4.74 Å². The fourth-order valence-corrected chi connectivity index (χ4v) is 3.75. The molecule has 3 N–H and O–H groups in total. The molecule has 40 heavy (non-hydrogen) atoms. The molecule has 0 saturated heterocycles. The number of hydrogen-bond donors (Lipinski definition) is 3. The average Bonchev–Trinajstić information content (AvgIpc) is 2.90. The van der Waals surface area contributed by atoms with Gasteiger partial charge in [0.05, 0.1) is 11.4 Å². The number of amides is 4. The largest absolute Gasteiger partial charge is 0.444 e. The van der Waals surface area contributed by atoms with Gasteiger partial charge in [0.1, 0.15) is 5.60 Å². The highest BCUT2D eigenvalue weighted by atomic mass is 16.6. The number of likely N-dealkylation sites (N-methyl/N-ethyl adjacent to an activating group) is 1. The maximum atomic E-state index is 13.0. The third-order valence-corrected chi connectivity index (χ3v) is 5.79. The van der Waals surface area contributed by atoms with Crippen LogP contribution < -0.4 is 16.0 Å². The summed E-state index contributed by atoms with van der Waals surface area (Å²) >= 11 is 0. The molecule has 0 heterocycles. The highest BCUT2D eigenvalue weighted by Gasteiger charge is 2.18. The zero-order chi connectivity index (χ0) is 29.1. The molecule has 0 aliphatic rings. The Morgan fingerprint density at radius 3 is 1.95 bits per heavy atom. The summed E-state index contributed by atoms with van der Waals surface area (Å²) in [7, 11) is 3.93. The van der Waals surface area contributed by atoms with Gasteiger partial charge in [-0.15, -0.1) is 0 Å². The van der Waals surface area contributed by atoms with Crippen LogP contribution in [0.3, 0.4) is 0 Å². The van der Waals surface area contributed by atoms with E-state index in [0.29, 0.717) is 36.6 Å². The van der Waals surface area contributed by atoms with Crippen LogP contribution in [0, 0.1) is 0 Å². The predicted octanol–water partition coefficient (Wildman–Crippen LogP) is 5.56. The van der Waals surface area contributed by atoms with Gasteiger partial charge in [-0.3, -0.25) is 10.1 Å². The number of carbonyl (C=O) groups is 3. The van der Waals surface area contributed by atoms with Gasteiger partial charge in [0, 0.05) is 31.7 Å². The van der Waals surface area contributed by atoms with Gasteiger partial charge in [0.25, 0.3) is 5.91 Å². The van der Waals surface area contributed by atoms with Crippen LogP contribution in [0.1, 0.15) is 42.3 Å². The molecule has 0 aromatic heterocycles. The molecule has 0 radical (unpaired) electrons. The number of nitrogens with one attached hydrogen (secondary N) is 3. The zero-order valence-corrected chi connectivity index (χ0v) is 23.9. The average molecular weight is 546 g/mol. The van der Waals surface area contributed by atoms with E-state index in [1.54, 1.807) is 62.1 Å². The Balaban J connectivity index is 1.64. The van der Waals surface area contributed by atoms with Crippen molar-refractivity contribution in [2.24, 2.45) is 0 Å². The number of urea groups is 1. The van der Waals surface area contributed by atoms with Crippen LogP contribution in [0.2, 0.25) is 0 Å². The lowest BCUT2D eigenvalue weighted by atomic mass is 10.1. The fourth-order valence-electron chi connectivity index (χ4n) is 3.75. The predicted molar refractivity (Wildman–Crippen MR) is 158 cm³/mol. The van der Waals surface area contributed by atoms with Gasteiger partial charge in [0.2, 0.25) is 0 Å². The van der Waals surface area contributed by atoms with Gasteiger partial charge in [0.15, 0.2) is 0 Å². The van der Waals surface area contributed by atoms with Crippen molar-refractivity contribution in [3.63, 3.8) is 0 Å². The van der Waals surface area contributed by atoms with Crippen molar-refractivity contribution in [2.75, 3.05) is 37.8 Å². The molecule has 9 nitrogen and oxygen atoms in total. The summed E-state index contributed by atoms with van der Waals surface area (Å²) < 4.78 is 5.32. The summed E-state index contributed by atoms with van der Waals surface area (Å²) in [5, 5.41) is 8.53. The first-order valence-electron chi connectivity index (χ1n) is 13.2. The van der Waals surface area contributed by atoms with Crippen molar-refractivity contribution in [3.8, 4) is 0 Å². The molecule has 0 atom stereocenters. The number of para-hydroxylation sites is 2. The van der Waals surface area contributed by atoms with Crippen LogP contribution >= 0.6 is 0 Å². The number of carbonyl (C=O) groups excluding carboxylic acids is 3. The number of benzene rings is 3. The minimum absolute atomic E-state index is 0.151. The fraction of sp³-hybridized carbons (Fsp3) is 0.323. The van der Waals surface area contributed by atoms with Gasteiger partial charge in [-0.05, 0) is 70.3 Å². The van der Waals surface area contributed by atoms with Crippen LogP contribution in [0.15, 0.2) is 78.9 Å². The zero-order valence-electron chi connectivity index (χ0n) is 23.9. The lowest BCUT2D eigenvalue weighted by Crippen LogP contribution is -2.42. The Morgan fingerprint density at radius 2 is 1.35 bits per heavy atom. The van der Waals surface area contributed by atoms with E-state index in [2.05, 4.69) is 16.0 Å². The molecule has 0 fully saturated rings. The normalized spacial score (nSPS) is 11.1. The second kappa shape index (κ2) is 14.1. The van der Waals surface area contributed by atoms with E-state index in [0.717, 1.165) is 17.7 Å². The molecule has 3 rings (SSSR count). The Hall–Kier alpha value is -4.37. The summed E-state index contributed by atoms with van der Waals surface area (Å²) in [4.78, 5) is 42.0. The quantitative estimate of drug-likeness (QED) is 0.310. The third kappa shape index (κ3) is 10.1. The first kappa shape index (κ1) is 30.2. The van der Waals surface area contributed by atoms with Crippen LogP contribution in [0.5, 0.6) is 0 Å². The Labute approximate surface area is 236 Å². The molecule has 212 valence electrons. The summed E-state index contributed by atoms with van der Waals surface area (Å²) in [6.45, 7) is 7.46. The Kier molecular flexibility index (Phi) is 10.7. The second-order valence-electron chi connectivity index (χ2n) is 10.7. The van der Waals surface area contributed by atoms with E-state index < -0.39 is 11.7 Å². The van der Waals surface area contributed by atoms with Gasteiger partial charge in [-0.25, -0.2) is 9.59 Å². The van der Waals surface area contributed by atoms with Crippen LogP contribution in [-0.4, -0.2) is 60.6 Å². The van der Waals surface area contributed by atoms with E-state index in [-0.39, 0.29) is 11.9 Å². The molecule has 0 saturated carbocycles. The molecule has 3 aromatic carbocycles. The molecule has 0 spiro atoms.